The zero-order valence-electron chi connectivity index (χ0n) is 13.8. The van der Waals surface area contributed by atoms with E-state index in [0.29, 0.717) is 30.3 Å². The van der Waals surface area contributed by atoms with Gasteiger partial charge >= 0.3 is 0 Å². The minimum absolute atomic E-state index is 0.0359. The predicted octanol–water partition coefficient (Wildman–Crippen LogP) is 2.11. The average molecular weight is 303 g/mol. The van der Waals surface area contributed by atoms with Crippen LogP contribution in [-0.4, -0.2) is 53.4 Å². The highest BCUT2D eigenvalue weighted by atomic mass is 16.4. The van der Waals surface area contributed by atoms with Crippen LogP contribution in [-0.2, 0) is 6.42 Å². The molecule has 1 saturated heterocycles. The fourth-order valence-electron chi connectivity index (χ4n) is 2.57. The molecule has 0 unspecified atom stereocenters. The molecule has 0 atom stereocenters. The molecule has 120 valence electrons. The second kappa shape index (κ2) is 8.00. The van der Waals surface area contributed by atoms with Gasteiger partial charge in [-0.3, -0.25) is 9.69 Å². The summed E-state index contributed by atoms with van der Waals surface area (Å²) in [5, 5.41) is 0. The molecule has 1 aromatic rings. The Balaban J connectivity index is 1.98. The molecule has 1 fully saturated rings. The lowest BCUT2D eigenvalue weighted by atomic mass is 10.3. The molecule has 1 aliphatic heterocycles. The largest absolute Gasteiger partial charge is 0.435 e. The van der Waals surface area contributed by atoms with Gasteiger partial charge in [-0.2, -0.15) is 0 Å². The Kier molecular flexibility index (Phi) is 6.02. The fourth-order valence-corrected chi connectivity index (χ4v) is 2.57. The molecule has 22 heavy (non-hydrogen) atoms. The molecular weight excluding hydrogens is 278 g/mol. The van der Waals surface area contributed by atoms with Crippen molar-refractivity contribution in [1.82, 2.24) is 14.8 Å². The van der Waals surface area contributed by atoms with Gasteiger partial charge in [0.2, 0.25) is 5.76 Å². The number of nitrogens with zero attached hydrogens (tertiary/aromatic N) is 3. The van der Waals surface area contributed by atoms with Crippen molar-refractivity contribution in [2.45, 2.75) is 40.0 Å². The molecule has 1 aromatic heterocycles. The lowest BCUT2D eigenvalue weighted by Gasteiger charge is -2.20. The summed E-state index contributed by atoms with van der Waals surface area (Å²) < 4.78 is 5.59. The monoisotopic (exact) mass is 303 g/mol. The minimum atomic E-state index is -0.0359. The van der Waals surface area contributed by atoms with Crippen LogP contribution in [0.2, 0.25) is 0 Å². The van der Waals surface area contributed by atoms with Crippen LogP contribution in [0.15, 0.2) is 4.42 Å². The maximum absolute atomic E-state index is 12.6. The summed E-state index contributed by atoms with van der Waals surface area (Å²) >= 11 is 0. The van der Waals surface area contributed by atoms with E-state index in [2.05, 4.69) is 28.6 Å². The quantitative estimate of drug-likeness (QED) is 0.803. The first-order valence-electron chi connectivity index (χ1n) is 8.09. The normalized spacial score (nSPS) is 16.0. The van der Waals surface area contributed by atoms with Crippen molar-refractivity contribution in [3.8, 4) is 11.8 Å². The van der Waals surface area contributed by atoms with Gasteiger partial charge in [-0.05, 0) is 13.3 Å². The number of rotatable bonds is 3. The molecule has 1 amide bonds. The van der Waals surface area contributed by atoms with Gasteiger partial charge in [-0.15, -0.1) is 5.92 Å². The zero-order chi connectivity index (χ0) is 15.9. The third kappa shape index (κ3) is 4.11. The van der Waals surface area contributed by atoms with Gasteiger partial charge in [0.25, 0.3) is 5.91 Å². The Morgan fingerprint density at radius 2 is 2.05 bits per heavy atom. The van der Waals surface area contributed by atoms with Crippen molar-refractivity contribution < 1.29 is 9.21 Å². The number of carbonyl (C=O) groups excluding carboxylic acids is 1. The summed E-state index contributed by atoms with van der Waals surface area (Å²) in [7, 11) is 0. The molecule has 2 heterocycles. The first kappa shape index (κ1) is 16.6. The molecule has 0 aliphatic carbocycles. The number of aryl methyl sites for hydroxylation is 2. The predicted molar refractivity (Wildman–Crippen MR) is 85.6 cm³/mol. The summed E-state index contributed by atoms with van der Waals surface area (Å²) in [6, 6.07) is 0. The summed E-state index contributed by atoms with van der Waals surface area (Å²) in [4.78, 5) is 21.1. The number of oxazole rings is 1. The number of amides is 1. The Morgan fingerprint density at radius 1 is 1.23 bits per heavy atom. The van der Waals surface area contributed by atoms with Crippen molar-refractivity contribution >= 4 is 5.91 Å². The van der Waals surface area contributed by atoms with Crippen molar-refractivity contribution in [1.29, 1.82) is 0 Å². The highest BCUT2D eigenvalue weighted by Crippen LogP contribution is 2.15. The number of aromatic nitrogens is 1. The van der Waals surface area contributed by atoms with Crippen LogP contribution in [0.5, 0.6) is 0 Å². The third-order valence-electron chi connectivity index (χ3n) is 3.82. The maximum atomic E-state index is 12.6. The van der Waals surface area contributed by atoms with Gasteiger partial charge in [0, 0.05) is 39.0 Å². The zero-order valence-corrected chi connectivity index (χ0v) is 13.8. The third-order valence-corrected chi connectivity index (χ3v) is 3.82. The lowest BCUT2D eigenvalue weighted by molar-refractivity contribution is 0.0727. The van der Waals surface area contributed by atoms with E-state index in [1.54, 1.807) is 0 Å². The summed E-state index contributed by atoms with van der Waals surface area (Å²) in [6.45, 7) is 9.97. The molecule has 0 bridgehead atoms. The highest BCUT2D eigenvalue weighted by molar-refractivity contribution is 5.92. The summed E-state index contributed by atoms with van der Waals surface area (Å²) in [5.41, 5.74) is 0.691. The van der Waals surface area contributed by atoms with Crippen LogP contribution >= 0.6 is 0 Å². The van der Waals surface area contributed by atoms with Crippen molar-refractivity contribution in [3.05, 3.63) is 17.3 Å². The second-order valence-corrected chi connectivity index (χ2v) is 5.50. The van der Waals surface area contributed by atoms with E-state index in [0.717, 1.165) is 39.0 Å². The van der Waals surface area contributed by atoms with Crippen LogP contribution in [0.3, 0.4) is 0 Å². The van der Waals surface area contributed by atoms with Crippen LogP contribution in [0, 0.1) is 18.8 Å². The smallest absolute Gasteiger partial charge is 0.291 e. The van der Waals surface area contributed by atoms with Gasteiger partial charge in [-0.25, -0.2) is 4.98 Å². The standard InChI is InChI=1S/C17H25N3O2/c1-4-6-7-9-19-10-8-11-20(13-12-19)17(21)16-14(3)18-15(5-2)22-16/h4-5,8-13H2,1-3H3. The molecular formula is C17H25N3O2. The van der Waals surface area contributed by atoms with Gasteiger partial charge in [0.1, 0.15) is 0 Å². The van der Waals surface area contributed by atoms with Crippen LogP contribution in [0.25, 0.3) is 0 Å². The molecule has 5 heteroatoms. The van der Waals surface area contributed by atoms with Crippen LogP contribution < -0.4 is 0 Å². The number of carbonyl (C=O) groups is 1. The molecule has 0 aromatic carbocycles. The Labute approximate surface area is 132 Å². The van der Waals surface area contributed by atoms with Gasteiger partial charge in [0.15, 0.2) is 5.89 Å². The minimum Gasteiger partial charge on any atom is -0.435 e. The summed E-state index contributed by atoms with van der Waals surface area (Å²) in [5.74, 6) is 7.26. The first-order chi connectivity index (χ1) is 10.7. The molecule has 1 aliphatic rings. The maximum Gasteiger partial charge on any atom is 0.291 e. The van der Waals surface area contributed by atoms with Gasteiger partial charge in [-0.1, -0.05) is 19.8 Å². The summed E-state index contributed by atoms with van der Waals surface area (Å²) in [6.07, 6.45) is 2.56. The molecule has 0 saturated carbocycles. The van der Waals surface area contributed by atoms with Crippen LogP contribution in [0.4, 0.5) is 0 Å². The van der Waals surface area contributed by atoms with E-state index < -0.39 is 0 Å². The van der Waals surface area contributed by atoms with E-state index >= 15 is 0 Å². The highest BCUT2D eigenvalue weighted by Gasteiger charge is 2.25. The van der Waals surface area contributed by atoms with E-state index in [1.165, 1.54) is 0 Å². The van der Waals surface area contributed by atoms with E-state index in [4.69, 9.17) is 4.42 Å². The SMILES string of the molecule is CCC#CCN1CCCN(C(=O)c2oc(CC)nc2C)CC1. The number of hydrogen-bond acceptors (Lipinski definition) is 4. The fraction of sp³-hybridized carbons (Fsp3) is 0.647. The van der Waals surface area contributed by atoms with E-state index in [1.807, 2.05) is 18.7 Å². The van der Waals surface area contributed by atoms with Crippen LogP contribution in [0.1, 0.15) is 48.8 Å². The Bertz CT molecular complexity index is 568. The molecule has 0 radical (unpaired) electrons. The number of hydrogen-bond donors (Lipinski definition) is 0. The molecule has 0 N–H and O–H groups in total. The Morgan fingerprint density at radius 3 is 2.73 bits per heavy atom. The van der Waals surface area contributed by atoms with E-state index in [9.17, 15) is 4.79 Å². The second-order valence-electron chi connectivity index (χ2n) is 5.50. The molecule has 2 rings (SSSR count). The molecule has 0 spiro atoms. The van der Waals surface area contributed by atoms with Gasteiger partial charge < -0.3 is 9.32 Å². The topological polar surface area (TPSA) is 49.6 Å². The molecule has 5 nitrogen and oxygen atoms in total. The first-order valence-corrected chi connectivity index (χ1v) is 8.09. The lowest BCUT2D eigenvalue weighted by Crippen LogP contribution is -2.35. The van der Waals surface area contributed by atoms with E-state index in [-0.39, 0.29) is 5.91 Å². The van der Waals surface area contributed by atoms with Crippen molar-refractivity contribution in [2.24, 2.45) is 0 Å². The van der Waals surface area contributed by atoms with Crippen molar-refractivity contribution in [2.75, 3.05) is 32.7 Å². The van der Waals surface area contributed by atoms with Crippen molar-refractivity contribution in [3.63, 3.8) is 0 Å². The Hall–Kier alpha value is -1.80. The van der Waals surface area contributed by atoms with Gasteiger partial charge in [0.05, 0.1) is 12.2 Å². The average Bonchev–Trinajstić information content (AvgIpc) is 2.74.